The number of carboxylic acids is 1. The molecule has 0 fully saturated rings. The third-order valence-corrected chi connectivity index (χ3v) is 2.78. The summed E-state index contributed by atoms with van der Waals surface area (Å²) in [6, 6.07) is 0.432. The minimum atomic E-state index is -0.696. The fourth-order valence-corrected chi connectivity index (χ4v) is 1.58. The number of hydrogen-bond acceptors (Lipinski definition) is 3. The van der Waals surface area contributed by atoms with E-state index in [-0.39, 0.29) is 5.92 Å². The lowest BCUT2D eigenvalue weighted by Gasteiger charge is -2.14. The van der Waals surface area contributed by atoms with Crippen molar-refractivity contribution in [1.29, 1.82) is 0 Å². The Balaban J connectivity index is 3.34. The van der Waals surface area contributed by atoms with Crippen molar-refractivity contribution in [2.75, 3.05) is 19.8 Å². The molecular weight excluding hydrogens is 218 g/mol. The van der Waals surface area contributed by atoms with Gasteiger partial charge in [0.2, 0.25) is 0 Å². The second kappa shape index (κ2) is 10.5. The molecule has 0 aromatic heterocycles. The summed E-state index contributed by atoms with van der Waals surface area (Å²) < 4.78 is 5.37. The van der Waals surface area contributed by atoms with Crippen molar-refractivity contribution in [2.45, 2.75) is 52.5 Å². The monoisotopic (exact) mass is 245 g/mol. The quantitative estimate of drug-likeness (QED) is 0.548. The van der Waals surface area contributed by atoms with Gasteiger partial charge in [0.25, 0.3) is 0 Å². The van der Waals surface area contributed by atoms with Crippen LogP contribution in [0, 0.1) is 5.92 Å². The van der Waals surface area contributed by atoms with Crippen LogP contribution in [0.1, 0.15) is 46.5 Å². The summed E-state index contributed by atoms with van der Waals surface area (Å²) in [7, 11) is 0. The van der Waals surface area contributed by atoms with Crippen molar-refractivity contribution < 1.29 is 14.6 Å². The Bertz CT molecular complexity index is 197. The Morgan fingerprint density at radius 3 is 2.59 bits per heavy atom. The molecule has 0 saturated heterocycles. The smallest absolute Gasteiger partial charge is 0.306 e. The Labute approximate surface area is 105 Å². The third kappa shape index (κ3) is 10.3. The first-order chi connectivity index (χ1) is 8.07. The van der Waals surface area contributed by atoms with E-state index >= 15 is 0 Å². The molecule has 4 heteroatoms. The van der Waals surface area contributed by atoms with Gasteiger partial charge in [0, 0.05) is 19.2 Å². The van der Waals surface area contributed by atoms with Crippen molar-refractivity contribution in [3.8, 4) is 0 Å². The number of nitrogens with one attached hydrogen (secondary N) is 1. The predicted octanol–water partition coefficient (Wildman–Crippen LogP) is 2.28. The maximum Gasteiger partial charge on any atom is 0.306 e. The molecule has 2 atom stereocenters. The molecular formula is C13H27NO3. The number of rotatable bonds is 11. The minimum absolute atomic E-state index is 0.227. The van der Waals surface area contributed by atoms with Crippen molar-refractivity contribution in [1.82, 2.24) is 5.32 Å². The number of ether oxygens (including phenoxy) is 1. The second-order valence-corrected chi connectivity index (χ2v) is 4.64. The van der Waals surface area contributed by atoms with E-state index in [0.29, 0.717) is 6.04 Å². The van der Waals surface area contributed by atoms with Gasteiger partial charge in [0.05, 0.1) is 12.5 Å². The third-order valence-electron chi connectivity index (χ3n) is 2.78. The highest BCUT2D eigenvalue weighted by Crippen LogP contribution is 2.09. The molecule has 0 aromatic rings. The first-order valence-corrected chi connectivity index (χ1v) is 6.61. The lowest BCUT2D eigenvalue weighted by Crippen LogP contribution is -2.29. The van der Waals surface area contributed by atoms with Crippen molar-refractivity contribution in [2.24, 2.45) is 5.92 Å². The van der Waals surface area contributed by atoms with E-state index in [9.17, 15) is 4.79 Å². The van der Waals surface area contributed by atoms with Gasteiger partial charge in [-0.1, -0.05) is 20.3 Å². The molecule has 17 heavy (non-hydrogen) atoms. The summed E-state index contributed by atoms with van der Waals surface area (Å²) in [4.78, 5) is 10.6. The van der Waals surface area contributed by atoms with Gasteiger partial charge in [-0.25, -0.2) is 0 Å². The molecule has 0 amide bonds. The predicted molar refractivity (Wildman–Crippen MR) is 69.2 cm³/mol. The first kappa shape index (κ1) is 16.4. The van der Waals surface area contributed by atoms with Crippen LogP contribution in [0.4, 0.5) is 0 Å². The first-order valence-electron chi connectivity index (χ1n) is 6.61. The molecule has 0 heterocycles. The Kier molecular flexibility index (Phi) is 10.2. The molecule has 0 bridgehead atoms. The molecule has 2 unspecified atom stereocenters. The normalized spacial score (nSPS) is 14.5. The van der Waals surface area contributed by atoms with Crippen LogP contribution in [0.15, 0.2) is 0 Å². The van der Waals surface area contributed by atoms with Gasteiger partial charge in [0.15, 0.2) is 0 Å². The lowest BCUT2D eigenvalue weighted by molar-refractivity contribution is -0.141. The van der Waals surface area contributed by atoms with Crippen LogP contribution in [-0.2, 0) is 9.53 Å². The minimum Gasteiger partial charge on any atom is -0.481 e. The SMILES string of the molecule is CCCOCCNC(C)CCCC(C)C(=O)O. The molecule has 102 valence electrons. The van der Waals surface area contributed by atoms with Crippen molar-refractivity contribution >= 4 is 5.97 Å². The van der Waals surface area contributed by atoms with Crippen LogP contribution in [-0.4, -0.2) is 36.9 Å². The van der Waals surface area contributed by atoms with Crippen LogP contribution in [0.25, 0.3) is 0 Å². The van der Waals surface area contributed by atoms with Gasteiger partial charge < -0.3 is 15.2 Å². The van der Waals surface area contributed by atoms with Crippen LogP contribution in [0.3, 0.4) is 0 Å². The Morgan fingerprint density at radius 1 is 1.29 bits per heavy atom. The van der Waals surface area contributed by atoms with E-state index in [1.54, 1.807) is 6.92 Å². The molecule has 0 saturated carbocycles. The summed E-state index contributed by atoms with van der Waals surface area (Å²) in [6.45, 7) is 8.44. The molecule has 2 N–H and O–H groups in total. The van der Waals surface area contributed by atoms with E-state index in [2.05, 4.69) is 19.2 Å². The number of aliphatic carboxylic acids is 1. The van der Waals surface area contributed by atoms with Crippen LogP contribution in [0.5, 0.6) is 0 Å². The zero-order valence-corrected chi connectivity index (χ0v) is 11.4. The van der Waals surface area contributed by atoms with Crippen molar-refractivity contribution in [3.05, 3.63) is 0 Å². The van der Waals surface area contributed by atoms with Crippen molar-refractivity contribution in [3.63, 3.8) is 0 Å². The van der Waals surface area contributed by atoms with Gasteiger partial charge >= 0.3 is 5.97 Å². The summed E-state index contributed by atoms with van der Waals surface area (Å²) >= 11 is 0. The average Bonchev–Trinajstić information content (AvgIpc) is 2.28. The van der Waals surface area contributed by atoms with E-state index < -0.39 is 5.97 Å². The summed E-state index contributed by atoms with van der Waals surface area (Å²) in [5.74, 6) is -0.923. The van der Waals surface area contributed by atoms with Crippen LogP contribution < -0.4 is 5.32 Å². The standard InChI is InChI=1S/C13H27NO3/c1-4-9-17-10-8-14-12(3)7-5-6-11(2)13(15)16/h11-12,14H,4-10H2,1-3H3,(H,15,16). The zero-order chi connectivity index (χ0) is 13.1. The number of carbonyl (C=O) groups is 1. The fourth-order valence-electron chi connectivity index (χ4n) is 1.58. The second-order valence-electron chi connectivity index (χ2n) is 4.64. The Hall–Kier alpha value is -0.610. The van der Waals surface area contributed by atoms with E-state index in [4.69, 9.17) is 9.84 Å². The topological polar surface area (TPSA) is 58.6 Å². The highest BCUT2D eigenvalue weighted by Gasteiger charge is 2.10. The van der Waals surface area contributed by atoms with E-state index in [1.807, 2.05) is 0 Å². The molecule has 4 nitrogen and oxygen atoms in total. The van der Waals surface area contributed by atoms with Crippen LogP contribution >= 0.6 is 0 Å². The summed E-state index contributed by atoms with van der Waals surface area (Å²) in [5, 5.41) is 12.1. The zero-order valence-electron chi connectivity index (χ0n) is 11.4. The maximum absolute atomic E-state index is 10.6. The highest BCUT2D eigenvalue weighted by molar-refractivity contribution is 5.69. The molecule has 0 aliphatic carbocycles. The van der Waals surface area contributed by atoms with Crippen LogP contribution in [0.2, 0.25) is 0 Å². The van der Waals surface area contributed by atoms with Gasteiger partial charge in [0.1, 0.15) is 0 Å². The number of hydrogen-bond donors (Lipinski definition) is 2. The number of carboxylic acid groups (broad SMARTS) is 1. The summed E-state index contributed by atoms with van der Waals surface area (Å²) in [6.07, 6.45) is 3.79. The molecule has 0 aliphatic rings. The largest absolute Gasteiger partial charge is 0.481 e. The average molecular weight is 245 g/mol. The molecule has 0 radical (unpaired) electrons. The molecule has 0 spiro atoms. The lowest BCUT2D eigenvalue weighted by atomic mass is 10.0. The molecule has 0 rings (SSSR count). The van der Waals surface area contributed by atoms with Gasteiger partial charge in [-0.3, -0.25) is 4.79 Å². The van der Waals surface area contributed by atoms with Gasteiger partial charge in [-0.15, -0.1) is 0 Å². The summed E-state index contributed by atoms with van der Waals surface area (Å²) in [5.41, 5.74) is 0. The highest BCUT2D eigenvalue weighted by atomic mass is 16.5. The maximum atomic E-state index is 10.6. The molecule has 0 aliphatic heterocycles. The molecule has 0 aromatic carbocycles. The van der Waals surface area contributed by atoms with Gasteiger partial charge in [-0.2, -0.15) is 0 Å². The van der Waals surface area contributed by atoms with E-state index in [0.717, 1.165) is 45.4 Å². The van der Waals surface area contributed by atoms with Gasteiger partial charge in [-0.05, 0) is 26.2 Å². The fraction of sp³-hybridized carbons (Fsp3) is 0.923. The van der Waals surface area contributed by atoms with E-state index in [1.165, 1.54) is 0 Å². The Morgan fingerprint density at radius 2 is 2.00 bits per heavy atom.